The van der Waals surface area contributed by atoms with E-state index in [-0.39, 0.29) is 17.0 Å². The maximum absolute atomic E-state index is 12.9. The van der Waals surface area contributed by atoms with Crippen LogP contribution in [-0.2, 0) is 20.9 Å². The Morgan fingerprint density at radius 3 is 2.52 bits per heavy atom. The first kappa shape index (κ1) is 22.4. The Hall–Kier alpha value is -3.24. The minimum absolute atomic E-state index is 0.108. The summed E-state index contributed by atoms with van der Waals surface area (Å²) in [5.41, 5.74) is -0.911. The normalized spacial score (nSPS) is 12.1. The van der Waals surface area contributed by atoms with Gasteiger partial charge in [0.1, 0.15) is 12.3 Å². The van der Waals surface area contributed by atoms with Crippen molar-refractivity contribution in [3.05, 3.63) is 62.4 Å². The highest BCUT2D eigenvalue weighted by Crippen LogP contribution is 2.24. The monoisotopic (exact) mass is 463 g/mol. The molecule has 9 nitrogen and oxygen atoms in total. The second kappa shape index (κ2) is 8.86. The molecule has 11 heteroatoms. The van der Waals surface area contributed by atoms with Crippen molar-refractivity contribution in [2.75, 3.05) is 7.11 Å². The maximum Gasteiger partial charge on any atom is 0.325 e. The van der Waals surface area contributed by atoms with Crippen molar-refractivity contribution in [1.82, 2.24) is 4.57 Å². The number of esters is 1. The lowest BCUT2D eigenvalue weighted by Gasteiger charge is -2.22. The van der Waals surface area contributed by atoms with Crippen LogP contribution in [0.3, 0.4) is 0 Å². The molecule has 1 aromatic heterocycles. The van der Waals surface area contributed by atoms with E-state index in [9.17, 15) is 19.7 Å². The van der Waals surface area contributed by atoms with Crippen LogP contribution in [0.1, 0.15) is 13.8 Å². The maximum atomic E-state index is 12.9. The number of aromatic nitrogens is 1. The number of hydrogen-bond acceptors (Lipinski definition) is 7. The second-order valence-electron chi connectivity index (χ2n) is 6.94. The molecule has 3 aromatic rings. The van der Waals surface area contributed by atoms with Crippen LogP contribution in [0.15, 0.2) is 47.5 Å². The minimum Gasteiger partial charge on any atom is -0.478 e. The quantitative estimate of drug-likeness (QED) is 0.312. The van der Waals surface area contributed by atoms with Gasteiger partial charge in [-0.15, -0.1) is 0 Å². The van der Waals surface area contributed by atoms with Gasteiger partial charge in [0.15, 0.2) is 10.4 Å². The number of non-ortho nitro benzene ring substituents is 1. The van der Waals surface area contributed by atoms with Crippen molar-refractivity contribution in [2.24, 2.45) is 4.99 Å². The highest BCUT2D eigenvalue weighted by molar-refractivity contribution is 7.16. The van der Waals surface area contributed by atoms with E-state index >= 15 is 0 Å². The van der Waals surface area contributed by atoms with Crippen molar-refractivity contribution in [3.8, 4) is 5.75 Å². The summed E-state index contributed by atoms with van der Waals surface area (Å²) in [6, 6.07) is 10.7. The van der Waals surface area contributed by atoms with Crippen LogP contribution in [0.5, 0.6) is 5.75 Å². The summed E-state index contributed by atoms with van der Waals surface area (Å²) in [5, 5.41) is 11.6. The molecule has 162 valence electrons. The lowest BCUT2D eigenvalue weighted by Crippen LogP contribution is -2.38. The van der Waals surface area contributed by atoms with Gasteiger partial charge in [0.2, 0.25) is 0 Å². The predicted octanol–water partition coefficient (Wildman–Crippen LogP) is 3.72. The Morgan fingerprint density at radius 2 is 1.90 bits per heavy atom. The van der Waals surface area contributed by atoms with E-state index in [4.69, 9.17) is 21.1 Å². The van der Waals surface area contributed by atoms with E-state index in [1.54, 1.807) is 38.1 Å². The van der Waals surface area contributed by atoms with Gasteiger partial charge in [-0.25, -0.2) is 0 Å². The van der Waals surface area contributed by atoms with Gasteiger partial charge in [-0.1, -0.05) is 22.9 Å². The van der Waals surface area contributed by atoms with Gasteiger partial charge in [0, 0.05) is 17.2 Å². The fraction of sp³-hybridized carbons (Fsp3) is 0.250. The number of hydrogen-bond donors (Lipinski definition) is 0. The standard InChI is InChI=1S/C20H18ClN3O6S/c1-20(2,30-14-7-4-12(21)5-8-14)18(26)22-19-23(11-17(25)29-3)15-9-6-13(24(27)28)10-16(15)31-19/h4-10H,11H2,1-3H3. The molecule has 0 bridgehead atoms. The lowest BCUT2D eigenvalue weighted by molar-refractivity contribution is -0.384. The zero-order valence-corrected chi connectivity index (χ0v) is 18.4. The van der Waals surface area contributed by atoms with Gasteiger partial charge in [-0.05, 0) is 44.2 Å². The van der Waals surface area contributed by atoms with Crippen LogP contribution < -0.4 is 9.54 Å². The van der Waals surface area contributed by atoms with Crippen molar-refractivity contribution in [1.29, 1.82) is 0 Å². The van der Waals surface area contributed by atoms with Gasteiger partial charge >= 0.3 is 5.97 Å². The molecule has 1 heterocycles. The zero-order valence-electron chi connectivity index (χ0n) is 16.8. The molecule has 31 heavy (non-hydrogen) atoms. The number of thiazole rings is 1. The zero-order chi connectivity index (χ0) is 22.8. The molecule has 3 rings (SSSR count). The molecule has 0 aliphatic carbocycles. The van der Waals surface area contributed by atoms with E-state index < -0.39 is 22.4 Å². The minimum atomic E-state index is -1.32. The molecule has 0 unspecified atom stereocenters. The van der Waals surface area contributed by atoms with Gasteiger partial charge < -0.3 is 14.0 Å². The summed E-state index contributed by atoms with van der Waals surface area (Å²) in [6.45, 7) is 2.92. The topological polar surface area (TPSA) is 113 Å². The number of fused-ring (bicyclic) bond motifs is 1. The van der Waals surface area contributed by atoms with Crippen LogP contribution >= 0.6 is 22.9 Å². The number of carbonyl (C=O) groups is 2. The SMILES string of the molecule is COC(=O)Cn1c(=NC(=O)C(C)(C)Oc2ccc(Cl)cc2)sc2cc([N+](=O)[O-])ccc21. The Bertz CT molecular complexity index is 1230. The number of nitrogens with zero attached hydrogens (tertiary/aromatic N) is 3. The molecule has 1 amide bonds. The highest BCUT2D eigenvalue weighted by atomic mass is 35.5. The molecule has 0 saturated heterocycles. The summed E-state index contributed by atoms with van der Waals surface area (Å²) in [5.74, 6) is -0.710. The molecule has 0 saturated carbocycles. The highest BCUT2D eigenvalue weighted by Gasteiger charge is 2.30. The molecular formula is C20H18ClN3O6S. The van der Waals surface area contributed by atoms with E-state index in [2.05, 4.69) is 4.99 Å². The second-order valence-corrected chi connectivity index (χ2v) is 8.38. The molecule has 0 N–H and O–H groups in total. The van der Waals surface area contributed by atoms with E-state index in [0.717, 1.165) is 11.3 Å². The fourth-order valence-electron chi connectivity index (χ4n) is 2.67. The van der Waals surface area contributed by atoms with Crippen molar-refractivity contribution < 1.29 is 24.0 Å². The summed E-state index contributed by atoms with van der Waals surface area (Å²) in [4.78, 5) is 39.7. The Morgan fingerprint density at radius 1 is 1.23 bits per heavy atom. The summed E-state index contributed by atoms with van der Waals surface area (Å²) in [6.07, 6.45) is 0. The van der Waals surface area contributed by atoms with E-state index in [1.807, 2.05) is 0 Å². The number of ether oxygens (including phenoxy) is 2. The average molecular weight is 464 g/mol. The first-order valence-electron chi connectivity index (χ1n) is 8.99. The first-order chi connectivity index (χ1) is 14.6. The first-order valence-corrected chi connectivity index (χ1v) is 10.2. The number of nitro benzene ring substituents is 1. The van der Waals surface area contributed by atoms with E-state index in [1.165, 1.54) is 29.9 Å². The van der Waals surface area contributed by atoms with Crippen LogP contribution in [-0.4, -0.2) is 34.1 Å². The Balaban J connectivity index is 2.04. The summed E-state index contributed by atoms with van der Waals surface area (Å²) >= 11 is 6.92. The molecule has 0 spiro atoms. The van der Waals surface area contributed by atoms with E-state index in [0.29, 0.717) is 21.0 Å². The molecule has 0 atom stereocenters. The third kappa shape index (κ3) is 5.09. The van der Waals surface area contributed by atoms with Gasteiger partial charge in [0.05, 0.1) is 22.2 Å². The number of rotatable bonds is 6. The molecule has 2 aromatic carbocycles. The van der Waals surface area contributed by atoms with Crippen molar-refractivity contribution in [3.63, 3.8) is 0 Å². The average Bonchev–Trinajstić information content (AvgIpc) is 3.05. The molecule has 0 aliphatic rings. The predicted molar refractivity (Wildman–Crippen MR) is 115 cm³/mol. The largest absolute Gasteiger partial charge is 0.478 e. The van der Waals surface area contributed by atoms with Crippen molar-refractivity contribution in [2.45, 2.75) is 26.0 Å². The number of methoxy groups -OCH3 is 1. The van der Waals surface area contributed by atoms with Crippen molar-refractivity contribution >= 4 is 50.7 Å². The smallest absolute Gasteiger partial charge is 0.325 e. The lowest BCUT2D eigenvalue weighted by atomic mass is 10.1. The third-order valence-electron chi connectivity index (χ3n) is 4.29. The number of benzene rings is 2. The van der Waals surface area contributed by atoms with Crippen LogP contribution in [0, 0.1) is 10.1 Å². The number of carbonyl (C=O) groups excluding carboxylic acids is 2. The molecular weight excluding hydrogens is 446 g/mol. The Labute approximate surface area is 185 Å². The third-order valence-corrected chi connectivity index (χ3v) is 5.58. The summed E-state index contributed by atoms with van der Waals surface area (Å²) in [7, 11) is 1.24. The number of halogens is 1. The van der Waals surface area contributed by atoms with Gasteiger partial charge in [-0.2, -0.15) is 4.99 Å². The Kier molecular flexibility index (Phi) is 6.42. The molecule has 0 aliphatic heterocycles. The van der Waals surface area contributed by atoms with Crippen LogP contribution in [0.25, 0.3) is 10.2 Å². The van der Waals surface area contributed by atoms with Gasteiger partial charge in [-0.3, -0.25) is 19.7 Å². The number of nitro groups is 1. The number of amides is 1. The van der Waals surface area contributed by atoms with Gasteiger partial charge in [0.25, 0.3) is 11.6 Å². The van der Waals surface area contributed by atoms with Crippen LogP contribution in [0.4, 0.5) is 5.69 Å². The molecule has 0 radical (unpaired) electrons. The fourth-order valence-corrected chi connectivity index (χ4v) is 3.86. The summed E-state index contributed by atoms with van der Waals surface area (Å²) < 4.78 is 12.5. The van der Waals surface area contributed by atoms with Crippen LogP contribution in [0.2, 0.25) is 5.02 Å². The molecule has 0 fully saturated rings.